The van der Waals surface area contributed by atoms with Gasteiger partial charge in [-0.1, -0.05) is 6.07 Å². The van der Waals surface area contributed by atoms with Crippen molar-refractivity contribution in [2.45, 2.75) is 10.9 Å². The number of thioether (sulfide) groups is 1. The van der Waals surface area contributed by atoms with Crippen molar-refractivity contribution in [3.05, 3.63) is 41.8 Å². The van der Waals surface area contributed by atoms with E-state index in [4.69, 9.17) is 4.74 Å². The Balaban J connectivity index is 2.10. The first kappa shape index (κ1) is 15.0. The monoisotopic (exact) mass is 339 g/mol. The lowest BCUT2D eigenvalue weighted by Crippen LogP contribution is -2.00. The van der Waals surface area contributed by atoms with E-state index in [0.717, 1.165) is 4.88 Å². The van der Waals surface area contributed by atoms with Gasteiger partial charge in [-0.05, 0) is 47.5 Å². The molecule has 0 amide bonds. The van der Waals surface area contributed by atoms with Gasteiger partial charge in [0.1, 0.15) is 5.75 Å². The fourth-order valence-electron chi connectivity index (χ4n) is 1.96. The van der Waals surface area contributed by atoms with E-state index in [0.29, 0.717) is 29.0 Å². The lowest BCUT2D eigenvalue weighted by molar-refractivity contribution is 0.251. The van der Waals surface area contributed by atoms with Gasteiger partial charge in [0, 0.05) is 0 Å². The lowest BCUT2D eigenvalue weighted by atomic mass is 10.3. The van der Waals surface area contributed by atoms with Crippen LogP contribution in [0.2, 0.25) is 0 Å². The number of methoxy groups -OCH3 is 1. The topological polar surface area (TPSA) is 39.9 Å². The SMILES string of the molecule is COc1ccc(-n2c(SC(F)F)nnc2-c2cccs2)cc1. The van der Waals surface area contributed by atoms with E-state index >= 15 is 0 Å². The van der Waals surface area contributed by atoms with Gasteiger partial charge in [-0.2, -0.15) is 8.78 Å². The minimum absolute atomic E-state index is 0.156. The van der Waals surface area contributed by atoms with Crippen molar-refractivity contribution in [2.24, 2.45) is 0 Å². The average molecular weight is 339 g/mol. The van der Waals surface area contributed by atoms with Crippen LogP contribution in [-0.4, -0.2) is 27.6 Å². The van der Waals surface area contributed by atoms with Crippen molar-refractivity contribution < 1.29 is 13.5 Å². The number of hydrogen-bond acceptors (Lipinski definition) is 5. The maximum atomic E-state index is 12.8. The molecule has 22 heavy (non-hydrogen) atoms. The van der Waals surface area contributed by atoms with Gasteiger partial charge in [0.05, 0.1) is 17.7 Å². The van der Waals surface area contributed by atoms with Crippen molar-refractivity contribution >= 4 is 23.1 Å². The summed E-state index contributed by atoms with van der Waals surface area (Å²) < 4.78 is 32.2. The molecule has 0 spiro atoms. The highest BCUT2D eigenvalue weighted by Gasteiger charge is 2.19. The van der Waals surface area contributed by atoms with E-state index in [1.54, 1.807) is 35.9 Å². The summed E-state index contributed by atoms with van der Waals surface area (Å²) in [6.45, 7) is 0. The second-order valence-electron chi connectivity index (χ2n) is 4.20. The standard InChI is InChI=1S/C14H11F2N3OS2/c1-20-10-6-4-9(5-7-10)19-12(11-3-2-8-21-11)17-18-14(19)22-13(15)16/h2-8,13H,1H3. The van der Waals surface area contributed by atoms with Gasteiger partial charge in [-0.15, -0.1) is 21.5 Å². The summed E-state index contributed by atoms with van der Waals surface area (Å²) in [4.78, 5) is 0.865. The molecule has 2 heterocycles. The van der Waals surface area contributed by atoms with Crippen LogP contribution in [0.3, 0.4) is 0 Å². The lowest BCUT2D eigenvalue weighted by Gasteiger charge is -2.10. The van der Waals surface area contributed by atoms with Gasteiger partial charge in [-0.3, -0.25) is 4.57 Å². The zero-order valence-electron chi connectivity index (χ0n) is 11.4. The zero-order valence-corrected chi connectivity index (χ0v) is 13.1. The van der Waals surface area contributed by atoms with E-state index in [1.165, 1.54) is 11.3 Å². The molecule has 0 radical (unpaired) electrons. The van der Waals surface area contributed by atoms with Crippen LogP contribution in [0.4, 0.5) is 8.78 Å². The van der Waals surface area contributed by atoms with E-state index < -0.39 is 5.76 Å². The highest BCUT2D eigenvalue weighted by Crippen LogP contribution is 2.33. The van der Waals surface area contributed by atoms with Gasteiger partial charge >= 0.3 is 0 Å². The summed E-state index contributed by atoms with van der Waals surface area (Å²) in [5.41, 5.74) is 0.706. The Morgan fingerprint density at radius 2 is 1.95 bits per heavy atom. The van der Waals surface area contributed by atoms with Crippen LogP contribution in [-0.2, 0) is 0 Å². The molecule has 0 saturated heterocycles. The first-order valence-corrected chi connectivity index (χ1v) is 8.03. The molecule has 4 nitrogen and oxygen atoms in total. The van der Waals surface area contributed by atoms with Crippen LogP contribution in [0.1, 0.15) is 0 Å². The zero-order chi connectivity index (χ0) is 15.5. The molecule has 0 aliphatic heterocycles. The number of halogens is 2. The summed E-state index contributed by atoms with van der Waals surface area (Å²) >= 11 is 1.86. The quantitative estimate of drug-likeness (QED) is 0.649. The number of ether oxygens (including phenoxy) is 1. The Kier molecular flexibility index (Phi) is 4.39. The Labute approximate surface area is 133 Å². The highest BCUT2D eigenvalue weighted by atomic mass is 32.2. The van der Waals surface area contributed by atoms with Gasteiger partial charge in [0.15, 0.2) is 5.82 Å². The molecule has 0 bridgehead atoms. The summed E-state index contributed by atoms with van der Waals surface area (Å²) in [5, 5.41) is 10.0. The smallest absolute Gasteiger partial charge is 0.291 e. The van der Waals surface area contributed by atoms with Crippen LogP contribution >= 0.6 is 23.1 Å². The average Bonchev–Trinajstić information content (AvgIpc) is 3.16. The molecule has 0 unspecified atom stereocenters. The molecule has 0 aliphatic carbocycles. The number of benzene rings is 1. The third-order valence-electron chi connectivity index (χ3n) is 2.90. The molecule has 2 aromatic heterocycles. The number of aromatic nitrogens is 3. The second kappa shape index (κ2) is 6.45. The molecule has 0 atom stereocenters. The van der Waals surface area contributed by atoms with E-state index in [1.807, 2.05) is 17.5 Å². The maximum absolute atomic E-state index is 12.8. The predicted octanol–water partition coefficient (Wildman–Crippen LogP) is 4.32. The second-order valence-corrected chi connectivity index (χ2v) is 6.10. The van der Waals surface area contributed by atoms with Crippen molar-refractivity contribution in [3.63, 3.8) is 0 Å². The Morgan fingerprint density at radius 3 is 2.55 bits per heavy atom. The molecule has 1 aromatic carbocycles. The van der Waals surface area contributed by atoms with Crippen LogP contribution in [0.25, 0.3) is 16.4 Å². The Bertz CT molecular complexity index is 742. The minimum atomic E-state index is -2.56. The molecule has 114 valence electrons. The normalized spacial score (nSPS) is 11.1. The first-order chi connectivity index (χ1) is 10.7. The number of hydrogen-bond donors (Lipinski definition) is 0. The number of rotatable bonds is 5. The van der Waals surface area contributed by atoms with Crippen molar-refractivity contribution in [3.8, 4) is 22.1 Å². The van der Waals surface area contributed by atoms with Gasteiger partial charge < -0.3 is 4.74 Å². The molecule has 0 saturated carbocycles. The molecule has 3 aromatic rings. The summed E-state index contributed by atoms with van der Waals surface area (Å²) in [6.07, 6.45) is 0. The number of thiophene rings is 1. The first-order valence-electron chi connectivity index (χ1n) is 6.27. The molecule has 3 rings (SSSR count). The van der Waals surface area contributed by atoms with Crippen LogP contribution < -0.4 is 4.74 Å². The van der Waals surface area contributed by atoms with Gasteiger partial charge in [0.2, 0.25) is 5.16 Å². The fraction of sp³-hybridized carbons (Fsp3) is 0.143. The van der Waals surface area contributed by atoms with E-state index in [2.05, 4.69) is 10.2 Å². The molecule has 0 fully saturated rings. The fourth-order valence-corrected chi connectivity index (χ4v) is 3.20. The molecule has 0 aliphatic rings. The maximum Gasteiger partial charge on any atom is 0.291 e. The highest BCUT2D eigenvalue weighted by molar-refractivity contribution is 7.99. The van der Waals surface area contributed by atoms with Gasteiger partial charge in [0.25, 0.3) is 5.76 Å². The predicted molar refractivity (Wildman–Crippen MR) is 83.1 cm³/mol. The Morgan fingerprint density at radius 1 is 1.18 bits per heavy atom. The summed E-state index contributed by atoms with van der Waals surface area (Å²) in [7, 11) is 1.57. The van der Waals surface area contributed by atoms with Crippen molar-refractivity contribution in [2.75, 3.05) is 7.11 Å². The van der Waals surface area contributed by atoms with Crippen LogP contribution in [0, 0.1) is 0 Å². The summed E-state index contributed by atoms with van der Waals surface area (Å²) in [5.74, 6) is -1.32. The van der Waals surface area contributed by atoms with Crippen molar-refractivity contribution in [1.82, 2.24) is 14.8 Å². The third kappa shape index (κ3) is 2.97. The Hall–Kier alpha value is -1.93. The molecule has 8 heteroatoms. The minimum Gasteiger partial charge on any atom is -0.497 e. The molecule has 0 N–H and O–H groups in total. The van der Waals surface area contributed by atoms with Crippen LogP contribution in [0.15, 0.2) is 46.9 Å². The number of nitrogens with zero attached hydrogens (tertiary/aromatic N) is 3. The third-order valence-corrected chi connectivity index (χ3v) is 4.42. The molecular weight excluding hydrogens is 328 g/mol. The van der Waals surface area contributed by atoms with Crippen LogP contribution in [0.5, 0.6) is 5.75 Å². The number of alkyl halides is 2. The van der Waals surface area contributed by atoms with E-state index in [-0.39, 0.29) is 5.16 Å². The molecular formula is C14H11F2N3OS2. The van der Waals surface area contributed by atoms with Crippen molar-refractivity contribution in [1.29, 1.82) is 0 Å². The largest absolute Gasteiger partial charge is 0.497 e. The van der Waals surface area contributed by atoms with Gasteiger partial charge in [-0.25, -0.2) is 0 Å². The summed E-state index contributed by atoms with van der Waals surface area (Å²) in [6, 6.07) is 10.9. The van der Waals surface area contributed by atoms with E-state index in [9.17, 15) is 8.78 Å².